The average molecular weight is 463 g/mol. The Morgan fingerprint density at radius 1 is 0.970 bits per heavy atom. The third kappa shape index (κ3) is 6.08. The zero-order chi connectivity index (χ0) is 23.0. The number of fused-ring (bicyclic) bond motifs is 1. The fraction of sp³-hybridized carbons (Fsp3) is 0.0769. The molecule has 0 aliphatic rings. The van der Waals surface area contributed by atoms with Gasteiger partial charge in [0.05, 0.1) is 6.21 Å². The fourth-order valence-electron chi connectivity index (χ4n) is 3.18. The van der Waals surface area contributed by atoms with Crippen LogP contribution < -0.4 is 14.9 Å². The van der Waals surface area contributed by atoms with Crippen molar-refractivity contribution in [1.82, 2.24) is 5.43 Å². The highest BCUT2D eigenvalue weighted by molar-refractivity contribution is 6.30. The van der Waals surface area contributed by atoms with Gasteiger partial charge in [-0.15, -0.1) is 0 Å². The quantitative estimate of drug-likeness (QED) is 0.268. The molecule has 5 nitrogen and oxygen atoms in total. The zero-order valence-corrected chi connectivity index (χ0v) is 18.3. The van der Waals surface area contributed by atoms with Crippen LogP contribution in [0.5, 0.6) is 11.5 Å². The van der Waals surface area contributed by atoms with Crippen LogP contribution in [0.25, 0.3) is 10.8 Å². The van der Waals surface area contributed by atoms with Gasteiger partial charge in [0, 0.05) is 10.6 Å². The van der Waals surface area contributed by atoms with Crippen molar-refractivity contribution in [3.05, 3.63) is 107 Å². The minimum absolute atomic E-state index is 0.207. The summed E-state index contributed by atoms with van der Waals surface area (Å²) in [5.41, 5.74) is 4.01. The number of carbonyl (C=O) groups is 1. The highest BCUT2D eigenvalue weighted by Crippen LogP contribution is 2.27. The first kappa shape index (κ1) is 22.3. The summed E-state index contributed by atoms with van der Waals surface area (Å²) in [6.45, 7) is 0.0560. The Bertz CT molecular complexity index is 1290. The molecule has 1 N–H and O–H groups in total. The SMILES string of the molecule is O=C(COc1cccc(Cl)c1)NN=Cc1c(OCc2ccc(F)cc2)ccc2ccccc12. The molecule has 0 spiro atoms. The van der Waals surface area contributed by atoms with E-state index >= 15 is 0 Å². The minimum Gasteiger partial charge on any atom is -0.488 e. The number of amides is 1. The van der Waals surface area contributed by atoms with E-state index in [9.17, 15) is 9.18 Å². The molecule has 0 bridgehead atoms. The lowest BCUT2D eigenvalue weighted by Gasteiger charge is -2.12. The molecule has 0 unspecified atom stereocenters. The number of carbonyl (C=O) groups excluding carboxylic acids is 1. The van der Waals surface area contributed by atoms with Crippen molar-refractivity contribution in [2.45, 2.75) is 6.61 Å². The summed E-state index contributed by atoms with van der Waals surface area (Å²) >= 11 is 5.91. The molecular formula is C26H20ClFN2O3. The Morgan fingerprint density at radius 3 is 2.61 bits per heavy atom. The van der Waals surface area contributed by atoms with E-state index in [4.69, 9.17) is 21.1 Å². The molecule has 4 aromatic carbocycles. The zero-order valence-electron chi connectivity index (χ0n) is 17.5. The van der Waals surface area contributed by atoms with Gasteiger partial charge in [-0.3, -0.25) is 4.79 Å². The maximum Gasteiger partial charge on any atom is 0.277 e. The molecule has 0 aliphatic heterocycles. The summed E-state index contributed by atoms with van der Waals surface area (Å²) in [5, 5.41) is 6.53. The molecule has 0 heterocycles. The number of benzene rings is 4. The first-order valence-electron chi connectivity index (χ1n) is 10.2. The Balaban J connectivity index is 1.46. The van der Waals surface area contributed by atoms with Crippen molar-refractivity contribution < 1.29 is 18.7 Å². The predicted octanol–water partition coefficient (Wildman–Crippen LogP) is 5.74. The summed E-state index contributed by atoms with van der Waals surface area (Å²) in [6, 6.07) is 24.5. The van der Waals surface area contributed by atoms with Gasteiger partial charge >= 0.3 is 0 Å². The first-order valence-corrected chi connectivity index (χ1v) is 10.6. The highest BCUT2D eigenvalue weighted by atomic mass is 35.5. The molecule has 0 aromatic heterocycles. The number of hydrazone groups is 1. The van der Waals surface area contributed by atoms with Crippen LogP contribution in [0.1, 0.15) is 11.1 Å². The molecular weight excluding hydrogens is 443 g/mol. The summed E-state index contributed by atoms with van der Waals surface area (Å²) in [6.07, 6.45) is 1.54. The van der Waals surface area contributed by atoms with E-state index < -0.39 is 5.91 Å². The molecule has 0 atom stereocenters. The van der Waals surface area contributed by atoms with Crippen LogP contribution in [0.4, 0.5) is 4.39 Å². The fourth-order valence-corrected chi connectivity index (χ4v) is 3.36. The molecule has 166 valence electrons. The second kappa shape index (κ2) is 10.6. The number of ether oxygens (including phenoxy) is 2. The minimum atomic E-state index is -0.416. The van der Waals surface area contributed by atoms with Crippen LogP contribution in [-0.2, 0) is 11.4 Å². The van der Waals surface area contributed by atoms with Crippen LogP contribution in [0.2, 0.25) is 5.02 Å². The molecule has 0 saturated heterocycles. The number of hydrogen-bond acceptors (Lipinski definition) is 4. The lowest BCUT2D eigenvalue weighted by molar-refractivity contribution is -0.123. The van der Waals surface area contributed by atoms with Crippen molar-refractivity contribution >= 4 is 34.5 Å². The monoisotopic (exact) mass is 462 g/mol. The van der Waals surface area contributed by atoms with Gasteiger partial charge in [0.15, 0.2) is 6.61 Å². The molecule has 4 aromatic rings. The molecule has 1 amide bonds. The van der Waals surface area contributed by atoms with Crippen LogP contribution in [-0.4, -0.2) is 18.7 Å². The highest BCUT2D eigenvalue weighted by Gasteiger charge is 2.09. The second-order valence-corrected chi connectivity index (χ2v) is 7.59. The lowest BCUT2D eigenvalue weighted by atomic mass is 10.0. The number of rotatable bonds is 8. The van der Waals surface area contributed by atoms with E-state index in [1.54, 1.807) is 42.6 Å². The summed E-state index contributed by atoms with van der Waals surface area (Å²) in [5.74, 6) is 0.367. The summed E-state index contributed by atoms with van der Waals surface area (Å²) in [7, 11) is 0. The number of hydrogen-bond donors (Lipinski definition) is 1. The smallest absolute Gasteiger partial charge is 0.277 e. The van der Waals surface area contributed by atoms with Crippen molar-refractivity contribution in [2.75, 3.05) is 6.61 Å². The van der Waals surface area contributed by atoms with E-state index in [2.05, 4.69) is 10.5 Å². The van der Waals surface area contributed by atoms with Gasteiger partial charge in [-0.05, 0) is 52.7 Å². The van der Waals surface area contributed by atoms with Gasteiger partial charge < -0.3 is 9.47 Å². The lowest BCUT2D eigenvalue weighted by Crippen LogP contribution is -2.24. The maximum atomic E-state index is 13.2. The number of nitrogens with one attached hydrogen (secondary N) is 1. The average Bonchev–Trinajstić information content (AvgIpc) is 2.83. The Kier molecular flexibility index (Phi) is 7.17. The van der Waals surface area contributed by atoms with Crippen LogP contribution in [0, 0.1) is 5.82 Å². The van der Waals surface area contributed by atoms with Gasteiger partial charge in [0.1, 0.15) is 23.9 Å². The number of nitrogens with zero attached hydrogens (tertiary/aromatic N) is 1. The van der Waals surface area contributed by atoms with Gasteiger partial charge in [0.25, 0.3) is 5.91 Å². The van der Waals surface area contributed by atoms with Gasteiger partial charge in [0.2, 0.25) is 0 Å². The normalized spacial score (nSPS) is 11.0. The first-order chi connectivity index (χ1) is 16.1. The van der Waals surface area contributed by atoms with E-state index in [0.29, 0.717) is 22.1 Å². The Morgan fingerprint density at radius 2 is 1.79 bits per heavy atom. The third-order valence-corrected chi connectivity index (χ3v) is 5.02. The van der Waals surface area contributed by atoms with Crippen LogP contribution in [0.3, 0.4) is 0 Å². The van der Waals surface area contributed by atoms with Gasteiger partial charge in [-0.2, -0.15) is 5.10 Å². The van der Waals surface area contributed by atoms with Crippen molar-refractivity contribution in [1.29, 1.82) is 0 Å². The van der Waals surface area contributed by atoms with E-state index in [1.165, 1.54) is 12.1 Å². The van der Waals surface area contributed by atoms with E-state index in [0.717, 1.165) is 16.3 Å². The standard InChI is InChI=1S/C26H20ClFN2O3/c27-20-5-3-6-22(14-20)32-17-26(31)30-29-15-24-23-7-2-1-4-19(23)10-13-25(24)33-16-18-8-11-21(28)12-9-18/h1-15H,16-17H2,(H,30,31). The molecule has 0 radical (unpaired) electrons. The molecule has 0 saturated carbocycles. The second-order valence-electron chi connectivity index (χ2n) is 7.15. The molecule has 0 fully saturated rings. The summed E-state index contributed by atoms with van der Waals surface area (Å²) < 4.78 is 24.6. The van der Waals surface area contributed by atoms with E-state index in [1.807, 2.05) is 36.4 Å². The molecule has 7 heteroatoms. The van der Waals surface area contributed by atoms with E-state index in [-0.39, 0.29) is 19.0 Å². The van der Waals surface area contributed by atoms with Gasteiger partial charge in [-0.1, -0.05) is 60.1 Å². The van der Waals surface area contributed by atoms with Crippen molar-refractivity contribution in [2.24, 2.45) is 5.10 Å². The maximum absolute atomic E-state index is 13.2. The Labute approximate surface area is 195 Å². The van der Waals surface area contributed by atoms with Crippen molar-refractivity contribution in [3.63, 3.8) is 0 Å². The van der Waals surface area contributed by atoms with Gasteiger partial charge in [-0.25, -0.2) is 9.82 Å². The predicted molar refractivity (Wildman–Crippen MR) is 127 cm³/mol. The number of halogens is 2. The van der Waals surface area contributed by atoms with Crippen LogP contribution in [0.15, 0.2) is 90.0 Å². The third-order valence-electron chi connectivity index (χ3n) is 4.79. The Hall–Kier alpha value is -3.90. The summed E-state index contributed by atoms with van der Waals surface area (Å²) in [4.78, 5) is 12.1. The van der Waals surface area contributed by atoms with Crippen molar-refractivity contribution in [3.8, 4) is 11.5 Å². The molecule has 33 heavy (non-hydrogen) atoms. The topological polar surface area (TPSA) is 59.9 Å². The molecule has 4 rings (SSSR count). The van der Waals surface area contributed by atoms with Crippen LogP contribution >= 0.6 is 11.6 Å². The largest absolute Gasteiger partial charge is 0.488 e. The molecule has 0 aliphatic carbocycles.